The number of thiocarbonyl (C=S) groups is 1. The Balaban J connectivity index is 1.61. The van der Waals surface area contributed by atoms with Crippen LogP contribution in [-0.4, -0.2) is 44.5 Å². The number of aliphatic carboxylic acids is 1. The maximum atomic E-state index is 12.6. The van der Waals surface area contributed by atoms with Gasteiger partial charge in [-0.2, -0.15) is 0 Å². The lowest BCUT2D eigenvalue weighted by atomic mass is 10.1. The number of carbonyl (C=O) groups is 2. The lowest BCUT2D eigenvalue weighted by Crippen LogP contribution is -2.29. The predicted octanol–water partition coefficient (Wildman–Crippen LogP) is 3.68. The molecule has 0 aliphatic carbocycles. The minimum absolute atomic E-state index is 0.0212. The normalized spacial score (nSPS) is 17.2. The highest BCUT2D eigenvalue weighted by atomic mass is 35.5. The number of ether oxygens (including phenoxy) is 2. The fourth-order valence-corrected chi connectivity index (χ4v) is 4.38. The minimum Gasteiger partial charge on any atom is -0.481 e. The number of halogens is 1. The zero-order chi connectivity index (χ0) is 19.8. The molecule has 1 N–H and O–H groups in total. The van der Waals surface area contributed by atoms with Crippen LogP contribution < -0.4 is 9.47 Å². The number of hydrogen-bond acceptors (Lipinski definition) is 7. The van der Waals surface area contributed by atoms with Crippen LogP contribution in [0.4, 0.5) is 0 Å². The van der Waals surface area contributed by atoms with E-state index in [0.29, 0.717) is 38.2 Å². The molecule has 10 heteroatoms. The Labute approximate surface area is 174 Å². The number of amides is 1. The maximum absolute atomic E-state index is 12.6. The van der Waals surface area contributed by atoms with E-state index in [-0.39, 0.29) is 30.8 Å². The van der Waals surface area contributed by atoms with Gasteiger partial charge < -0.3 is 14.6 Å². The molecule has 2 aliphatic heterocycles. The van der Waals surface area contributed by atoms with E-state index < -0.39 is 5.97 Å². The van der Waals surface area contributed by atoms with Gasteiger partial charge in [0.2, 0.25) is 6.79 Å². The summed E-state index contributed by atoms with van der Waals surface area (Å²) in [7, 11) is 0. The number of benzene rings is 1. The molecule has 1 aromatic heterocycles. The van der Waals surface area contributed by atoms with Crippen LogP contribution in [0.25, 0.3) is 17.0 Å². The maximum Gasteiger partial charge on any atom is 0.303 e. The van der Waals surface area contributed by atoms with Gasteiger partial charge in [0.25, 0.3) is 5.91 Å². The van der Waals surface area contributed by atoms with Crippen molar-refractivity contribution in [3.63, 3.8) is 0 Å². The molecule has 1 amide bonds. The second-order valence-corrected chi connectivity index (χ2v) is 8.13. The average Bonchev–Trinajstić information content (AvgIpc) is 3.19. The molecule has 0 radical (unpaired) electrons. The van der Waals surface area contributed by atoms with E-state index in [9.17, 15) is 9.59 Å². The van der Waals surface area contributed by atoms with Crippen molar-refractivity contribution in [2.45, 2.75) is 12.8 Å². The lowest BCUT2D eigenvalue weighted by Gasteiger charge is -2.13. The predicted molar refractivity (Wildman–Crippen MR) is 110 cm³/mol. The van der Waals surface area contributed by atoms with Gasteiger partial charge in [0, 0.05) is 30.0 Å². The van der Waals surface area contributed by atoms with Gasteiger partial charge in [0.15, 0.2) is 11.5 Å². The Bertz CT molecular complexity index is 1060. The second-order valence-electron chi connectivity index (χ2n) is 6.10. The highest BCUT2D eigenvalue weighted by Crippen LogP contribution is 2.38. The molecular weight excluding hydrogens is 424 g/mol. The molecule has 0 bridgehead atoms. The van der Waals surface area contributed by atoms with E-state index in [0.717, 1.165) is 17.1 Å². The number of thioether (sulfide) groups is 1. The summed E-state index contributed by atoms with van der Waals surface area (Å²) < 4.78 is 11.1. The summed E-state index contributed by atoms with van der Waals surface area (Å²) >= 11 is 12.7. The van der Waals surface area contributed by atoms with Gasteiger partial charge in [-0.15, -0.1) is 0 Å². The van der Waals surface area contributed by atoms with Crippen molar-refractivity contribution in [2.75, 3.05) is 13.3 Å². The molecule has 0 atom stereocenters. The summed E-state index contributed by atoms with van der Waals surface area (Å²) in [6, 6.07) is 5.40. The molecule has 3 heterocycles. The molecule has 28 heavy (non-hydrogen) atoms. The zero-order valence-corrected chi connectivity index (χ0v) is 16.7. The number of carbonyl (C=O) groups excluding carboxylic acids is 1. The summed E-state index contributed by atoms with van der Waals surface area (Å²) in [5.41, 5.74) is 1.24. The first kappa shape index (κ1) is 19.0. The van der Waals surface area contributed by atoms with Gasteiger partial charge in [0.1, 0.15) is 9.47 Å². The van der Waals surface area contributed by atoms with Crippen LogP contribution in [-0.2, 0) is 9.59 Å². The number of nitrogens with zero attached hydrogens (tertiary/aromatic N) is 2. The molecule has 2 aromatic rings. The summed E-state index contributed by atoms with van der Waals surface area (Å²) in [6.07, 6.45) is 1.96. The third-order valence-electron chi connectivity index (χ3n) is 4.22. The van der Waals surface area contributed by atoms with E-state index >= 15 is 0 Å². The standard InChI is InChI=1S/C18H13ClN2O5S2/c19-16-10(4-9-5-12-13(26-8-25-12)7-11(9)20-16)6-14-17(24)21(18(27)28-14)3-1-2-15(22)23/h4-7H,1-3,8H2,(H,22,23)/b14-6-. The van der Waals surface area contributed by atoms with Crippen LogP contribution in [0.15, 0.2) is 23.1 Å². The Morgan fingerprint density at radius 1 is 1.36 bits per heavy atom. The van der Waals surface area contributed by atoms with Crippen molar-refractivity contribution in [3.05, 3.63) is 33.8 Å². The Morgan fingerprint density at radius 3 is 2.86 bits per heavy atom. The molecule has 0 saturated carbocycles. The Hall–Kier alpha value is -2.36. The monoisotopic (exact) mass is 436 g/mol. The van der Waals surface area contributed by atoms with Gasteiger partial charge in [-0.3, -0.25) is 14.5 Å². The van der Waals surface area contributed by atoms with Crippen LogP contribution in [0.2, 0.25) is 5.15 Å². The van der Waals surface area contributed by atoms with Gasteiger partial charge in [-0.1, -0.05) is 35.6 Å². The van der Waals surface area contributed by atoms with Crippen molar-refractivity contribution in [1.29, 1.82) is 0 Å². The molecule has 7 nitrogen and oxygen atoms in total. The smallest absolute Gasteiger partial charge is 0.303 e. The molecule has 144 valence electrons. The third-order valence-corrected chi connectivity index (χ3v) is 5.90. The van der Waals surface area contributed by atoms with Crippen LogP contribution in [0.3, 0.4) is 0 Å². The van der Waals surface area contributed by atoms with Crippen LogP contribution in [0, 0.1) is 0 Å². The van der Waals surface area contributed by atoms with Crippen molar-refractivity contribution < 1.29 is 24.2 Å². The minimum atomic E-state index is -0.907. The number of fused-ring (bicyclic) bond motifs is 2. The fraction of sp³-hybridized carbons (Fsp3) is 0.222. The van der Waals surface area contributed by atoms with E-state index in [1.807, 2.05) is 12.1 Å². The van der Waals surface area contributed by atoms with E-state index in [2.05, 4.69) is 4.98 Å². The summed E-state index contributed by atoms with van der Waals surface area (Å²) in [5.74, 6) is 0.0801. The van der Waals surface area contributed by atoms with Crippen molar-refractivity contribution >= 4 is 68.8 Å². The van der Waals surface area contributed by atoms with Crippen molar-refractivity contribution in [2.24, 2.45) is 0 Å². The van der Waals surface area contributed by atoms with Crippen LogP contribution in [0.1, 0.15) is 18.4 Å². The first-order valence-corrected chi connectivity index (χ1v) is 9.90. The summed E-state index contributed by atoms with van der Waals surface area (Å²) in [4.78, 5) is 29.5. The lowest BCUT2D eigenvalue weighted by molar-refractivity contribution is -0.137. The van der Waals surface area contributed by atoms with E-state index in [1.54, 1.807) is 12.1 Å². The molecule has 1 fully saturated rings. The molecule has 0 spiro atoms. The van der Waals surface area contributed by atoms with Crippen LogP contribution >= 0.6 is 35.6 Å². The van der Waals surface area contributed by atoms with Crippen molar-refractivity contribution in [1.82, 2.24) is 9.88 Å². The Kier molecular flexibility index (Phi) is 5.13. The SMILES string of the molecule is O=C(O)CCCN1C(=O)/C(=C/c2cc3cc4c(cc3nc2Cl)OCO4)SC1=S. The van der Waals surface area contributed by atoms with Crippen LogP contribution in [0.5, 0.6) is 11.5 Å². The van der Waals surface area contributed by atoms with Gasteiger partial charge >= 0.3 is 5.97 Å². The molecule has 1 aromatic carbocycles. The van der Waals surface area contributed by atoms with Gasteiger partial charge in [-0.25, -0.2) is 4.98 Å². The average molecular weight is 437 g/mol. The summed E-state index contributed by atoms with van der Waals surface area (Å²) in [6.45, 7) is 0.429. The number of hydrogen-bond donors (Lipinski definition) is 1. The molecule has 4 rings (SSSR count). The number of carboxylic acid groups (broad SMARTS) is 1. The first-order chi connectivity index (χ1) is 13.4. The van der Waals surface area contributed by atoms with Gasteiger partial charge in [-0.05, 0) is 24.6 Å². The molecule has 2 aliphatic rings. The second kappa shape index (κ2) is 7.57. The number of aromatic nitrogens is 1. The molecule has 0 unspecified atom stereocenters. The zero-order valence-electron chi connectivity index (χ0n) is 14.3. The Morgan fingerprint density at radius 2 is 2.11 bits per heavy atom. The topological polar surface area (TPSA) is 89.0 Å². The fourth-order valence-electron chi connectivity index (χ4n) is 2.88. The number of carboxylic acids is 1. The van der Waals surface area contributed by atoms with Gasteiger partial charge in [0.05, 0.1) is 10.4 Å². The van der Waals surface area contributed by atoms with E-state index in [1.165, 1.54) is 4.90 Å². The highest BCUT2D eigenvalue weighted by Gasteiger charge is 2.32. The quantitative estimate of drug-likeness (QED) is 0.431. The largest absolute Gasteiger partial charge is 0.481 e. The molecular formula is C18H13ClN2O5S2. The van der Waals surface area contributed by atoms with E-state index in [4.69, 9.17) is 38.4 Å². The first-order valence-electron chi connectivity index (χ1n) is 8.29. The van der Waals surface area contributed by atoms with Crippen molar-refractivity contribution in [3.8, 4) is 11.5 Å². The summed E-state index contributed by atoms with van der Waals surface area (Å²) in [5, 5.41) is 9.81. The molecule has 1 saturated heterocycles. The third kappa shape index (κ3) is 3.65. The highest BCUT2D eigenvalue weighted by molar-refractivity contribution is 8.26. The number of rotatable bonds is 5. The number of pyridine rings is 1.